The van der Waals surface area contributed by atoms with Crippen LogP contribution in [0, 0.1) is 0 Å². The number of aliphatic hydroxyl groups excluding tert-OH is 2. The molecule has 0 aliphatic heterocycles. The van der Waals surface area contributed by atoms with Crippen LogP contribution >= 0.6 is 0 Å². The van der Waals surface area contributed by atoms with Gasteiger partial charge in [0, 0.05) is 35.2 Å². The Labute approximate surface area is 444 Å². The second kappa shape index (κ2) is 23.9. The van der Waals surface area contributed by atoms with Crippen molar-refractivity contribution in [2.24, 2.45) is 20.5 Å². The Morgan fingerprint density at radius 3 is 1.46 bits per heavy atom. The van der Waals surface area contributed by atoms with Crippen LogP contribution in [0.4, 0.5) is 34.1 Å². The molecule has 0 saturated carbocycles. The van der Waals surface area contributed by atoms with E-state index in [1.165, 1.54) is 18.2 Å². The smallest absolute Gasteiger partial charge is 0.744 e. The van der Waals surface area contributed by atoms with Crippen LogP contribution in [0.15, 0.2) is 124 Å². The summed E-state index contributed by atoms with van der Waals surface area (Å²) in [5.74, 6) is -1.87. The summed E-state index contributed by atoms with van der Waals surface area (Å²) >= 11 is 0. The number of phenols is 2. The van der Waals surface area contributed by atoms with E-state index in [1.807, 2.05) is 11.9 Å². The van der Waals surface area contributed by atoms with Crippen molar-refractivity contribution in [2.75, 3.05) is 44.8 Å². The van der Waals surface area contributed by atoms with Gasteiger partial charge in [0.15, 0.2) is 11.5 Å². The van der Waals surface area contributed by atoms with Crippen molar-refractivity contribution in [2.45, 2.75) is 24.5 Å². The zero-order valence-electron chi connectivity index (χ0n) is 37.5. The minimum absolute atomic E-state index is 0. The topological polar surface area (TPSA) is 463 Å². The Morgan fingerprint density at radius 1 is 0.569 bits per heavy atom. The van der Waals surface area contributed by atoms with Gasteiger partial charge in [0.05, 0.1) is 34.4 Å². The molecule has 33 heteroatoms. The Morgan fingerprint density at radius 2 is 1.03 bits per heavy atom. The zero-order valence-corrected chi connectivity index (χ0v) is 43.5. The quantitative estimate of drug-likeness (QED) is 0.0177. The average molecular weight is 1100 g/mol. The monoisotopic (exact) mass is 1100 g/mol. The van der Waals surface area contributed by atoms with Gasteiger partial charge in [-0.15, -0.1) is 10.2 Å². The maximum absolute atomic E-state index is 12.4. The van der Waals surface area contributed by atoms with Gasteiger partial charge in [-0.3, -0.25) is 13.7 Å². The first-order valence-corrected chi connectivity index (χ1v) is 26.2. The van der Waals surface area contributed by atoms with Gasteiger partial charge in [0.25, 0.3) is 30.4 Å². The Hall–Kier alpha value is -4.99. The number of aliphatic hydroxyl groups is 2. The number of likely N-dealkylation sites (N-methyl/N-ethyl adjacent to an activating group) is 1. The fraction of sp³-hybridized carbons (Fsp3) is 0.128. The molecule has 0 bridgehead atoms. The maximum Gasteiger partial charge on any atom is 1.00 e. The molecule has 0 radical (unpaired) electrons. The SMILES string of the molecule is CN(CCO)CCO.Nc1ccc2cc(S(=O)(=O)O)c(N=Nc3ccc(/C=C/c4ccc(N=Nc5c(S(=O)(=O)[O-])cc6cc(S(=O)(=O)[O-])cc(N)c6c5O)cc4S(=O)(=O)O)c(S(=O)(=O)O)c3)c(O)c2c1.[Li+].[Na+]. The second-order valence-electron chi connectivity index (χ2n) is 14.5. The van der Waals surface area contributed by atoms with Crippen LogP contribution < -0.4 is 59.9 Å². The third-order valence-corrected chi connectivity index (χ3v) is 13.9. The number of fused-ring (bicyclic) bond motifs is 2. The van der Waals surface area contributed by atoms with Crippen LogP contribution in [0.5, 0.6) is 11.5 Å². The molecule has 0 atom stereocenters. The molecule has 26 nitrogen and oxygen atoms in total. The molecule has 6 rings (SSSR count). The first kappa shape index (κ1) is 61.3. The summed E-state index contributed by atoms with van der Waals surface area (Å²) in [5, 5.41) is 52.3. The van der Waals surface area contributed by atoms with Crippen molar-refractivity contribution in [3.63, 3.8) is 0 Å². The molecule has 0 amide bonds. The van der Waals surface area contributed by atoms with Gasteiger partial charge in [-0.1, -0.05) is 30.4 Å². The number of azo groups is 2. The molecule has 6 aromatic rings. The summed E-state index contributed by atoms with van der Waals surface area (Å²) in [6, 6.07) is 12.5. The first-order valence-electron chi connectivity index (χ1n) is 19.0. The molecule has 0 aliphatic rings. The average Bonchev–Trinajstić information content (AvgIpc) is 3.24. The summed E-state index contributed by atoms with van der Waals surface area (Å²) in [4.78, 5) is -2.97. The van der Waals surface area contributed by atoms with E-state index in [4.69, 9.17) is 21.7 Å². The summed E-state index contributed by atoms with van der Waals surface area (Å²) in [7, 11) is -24.1. The molecule has 0 aliphatic carbocycles. The van der Waals surface area contributed by atoms with Gasteiger partial charge < -0.3 is 45.9 Å². The molecule has 0 saturated heterocycles. The number of benzene rings is 6. The van der Waals surface area contributed by atoms with Crippen molar-refractivity contribution >= 4 is 118 Å². The minimum Gasteiger partial charge on any atom is -0.744 e. The number of nitrogen functional groups attached to an aromatic ring is 2. The molecule has 0 heterocycles. The summed E-state index contributed by atoms with van der Waals surface area (Å²) < 4.78 is 175. The van der Waals surface area contributed by atoms with E-state index in [0.29, 0.717) is 37.4 Å². The van der Waals surface area contributed by atoms with Gasteiger partial charge in [-0.05, 0) is 89.6 Å². The normalized spacial score (nSPS) is 12.6. The van der Waals surface area contributed by atoms with Crippen LogP contribution in [0.3, 0.4) is 0 Å². The predicted molar refractivity (Wildman–Crippen MR) is 247 cm³/mol. The molecule has 0 spiro atoms. The first-order chi connectivity index (χ1) is 32.3. The number of anilines is 2. The molecule has 0 fully saturated rings. The van der Waals surface area contributed by atoms with Gasteiger partial charge >= 0.3 is 48.4 Å². The molecule has 0 aromatic heterocycles. The van der Waals surface area contributed by atoms with Crippen LogP contribution in [0.25, 0.3) is 33.7 Å². The Bertz CT molecular complexity index is 3750. The van der Waals surface area contributed by atoms with Crippen molar-refractivity contribution in [1.82, 2.24) is 4.90 Å². The van der Waals surface area contributed by atoms with Crippen molar-refractivity contribution < 1.29 is 134 Å². The van der Waals surface area contributed by atoms with Gasteiger partial charge in [-0.2, -0.15) is 35.5 Å². The maximum atomic E-state index is 12.4. The van der Waals surface area contributed by atoms with Gasteiger partial charge in [0.1, 0.15) is 46.3 Å². The number of nitrogens with zero attached hydrogens (tertiary/aromatic N) is 5. The number of phenolic OH excluding ortho intramolecular Hbond substituents is 2. The van der Waals surface area contributed by atoms with E-state index in [1.54, 1.807) is 0 Å². The molecular formula is C39H37LiN7NaO19S5. The van der Waals surface area contributed by atoms with Gasteiger partial charge in [-0.25, -0.2) is 16.8 Å². The van der Waals surface area contributed by atoms with Crippen molar-refractivity contribution in [3.8, 4) is 11.5 Å². The third-order valence-electron chi connectivity index (χ3n) is 9.55. The fourth-order valence-corrected chi connectivity index (χ4v) is 9.57. The van der Waals surface area contributed by atoms with E-state index in [0.717, 1.165) is 48.6 Å². The van der Waals surface area contributed by atoms with Crippen LogP contribution in [0.1, 0.15) is 11.1 Å². The van der Waals surface area contributed by atoms with Crippen LogP contribution in [-0.2, 0) is 50.6 Å². The predicted octanol–water partition coefficient (Wildman–Crippen LogP) is -1.97. The van der Waals surface area contributed by atoms with E-state index in [-0.39, 0.29) is 94.9 Å². The van der Waals surface area contributed by atoms with Crippen LogP contribution in [0.2, 0.25) is 0 Å². The van der Waals surface area contributed by atoms with Gasteiger partial charge in [0.2, 0.25) is 0 Å². The van der Waals surface area contributed by atoms with Crippen molar-refractivity contribution in [1.29, 1.82) is 0 Å². The molecule has 374 valence electrons. The molecular weight excluding hydrogens is 1060 g/mol. The summed E-state index contributed by atoms with van der Waals surface area (Å²) in [6.45, 7) is 1.61. The Balaban J connectivity index is 0.00000126. The number of aromatic hydroxyl groups is 2. The largest absolute Gasteiger partial charge is 1.00 e. The minimum atomic E-state index is -5.53. The van der Waals surface area contributed by atoms with E-state index >= 15 is 0 Å². The number of hydrogen-bond donors (Lipinski definition) is 9. The van der Waals surface area contributed by atoms with Crippen LogP contribution in [-0.4, -0.2) is 124 Å². The molecule has 11 N–H and O–H groups in total. The summed E-state index contributed by atoms with van der Waals surface area (Å²) in [6.07, 6.45) is 1.93. The van der Waals surface area contributed by atoms with Crippen molar-refractivity contribution in [3.05, 3.63) is 90.0 Å². The second-order valence-corrected chi connectivity index (χ2v) is 21.4. The molecule has 72 heavy (non-hydrogen) atoms. The molecule has 0 unspecified atom stereocenters. The Kier molecular flexibility index (Phi) is 20.4. The number of nitrogens with two attached hydrogens (primary N) is 2. The number of rotatable bonds is 15. The fourth-order valence-electron chi connectivity index (χ4n) is 6.32. The summed E-state index contributed by atoms with van der Waals surface area (Å²) in [5.41, 5.74) is 7.90. The van der Waals surface area contributed by atoms with E-state index < -0.39 is 120 Å². The zero-order chi connectivity index (χ0) is 52.3. The van der Waals surface area contributed by atoms with E-state index in [9.17, 15) is 75.1 Å². The third kappa shape index (κ3) is 15.1. The van der Waals surface area contributed by atoms with E-state index in [2.05, 4.69) is 20.5 Å². The molecule has 6 aromatic carbocycles. The number of hydrogen-bond acceptors (Lipinski definition) is 23. The standard InChI is InChI=1S/C34H26N6O17S5.C5H13NO2.Li.Na/c35-20-6-3-18-10-28(61(52,53)54)31(33(41)24(18)12-20)39-37-21-7-4-16(26(13-21)59(46,47)48)1-2-17-5-8-22(14-27(17)60(49,50)51)38-40-32-29(62(55,56)57)11-19-9-23(58(43,44)45)15-25(36)30(19)34(32)42;1-6(2-4-7)3-5-8;;/h1-15,41-42H,35-36H2,(H,43,44,45)(H,46,47,48)(H,49,50,51)(H,52,53,54)(H,55,56,57);7-8H,2-5H2,1H3;;/q;;2*+1/p-2/b2-1+,39-37?,40-38?;;;.